The van der Waals surface area contributed by atoms with Gasteiger partial charge in [-0.05, 0) is 31.1 Å². The van der Waals surface area contributed by atoms with Crippen LogP contribution in [0.5, 0.6) is 0 Å². The normalized spacial score (nSPS) is 37.3. The topological polar surface area (TPSA) is 34.1 Å². The first-order valence-electron chi connectivity index (χ1n) is 5.80. The molecule has 78 valence electrons. The fourth-order valence-electron chi connectivity index (χ4n) is 3.23. The number of hydrogen-bond acceptors (Lipinski definition) is 2. The molecule has 0 aromatic rings. The van der Waals surface area contributed by atoms with Crippen LogP contribution in [0.2, 0.25) is 0 Å². The molecule has 0 spiro atoms. The van der Waals surface area contributed by atoms with Crippen LogP contribution in [-0.2, 0) is 9.59 Å². The second-order valence-corrected chi connectivity index (χ2v) is 4.83. The lowest BCUT2D eigenvalue weighted by Crippen LogP contribution is -2.31. The highest BCUT2D eigenvalue weighted by Crippen LogP contribution is 2.42. The van der Waals surface area contributed by atoms with Gasteiger partial charge in [-0.3, -0.25) is 9.59 Å². The highest BCUT2D eigenvalue weighted by molar-refractivity contribution is 6.25. The number of carbonyl (C=O) groups excluding carboxylic acids is 2. The van der Waals surface area contributed by atoms with Crippen molar-refractivity contribution in [1.29, 1.82) is 0 Å². The number of carbonyl (C=O) groups is 2. The van der Waals surface area contributed by atoms with E-state index in [-0.39, 0.29) is 11.7 Å². The quantitative estimate of drug-likeness (QED) is 0.499. The van der Waals surface area contributed by atoms with E-state index >= 15 is 0 Å². The Morgan fingerprint density at radius 2 is 1.71 bits per heavy atom. The van der Waals surface area contributed by atoms with Gasteiger partial charge in [0.05, 0.1) is 0 Å². The van der Waals surface area contributed by atoms with E-state index in [9.17, 15) is 9.59 Å². The van der Waals surface area contributed by atoms with Gasteiger partial charge in [0.2, 0.25) is 0 Å². The maximum Gasteiger partial charge on any atom is 0.198 e. The number of aldehydes is 1. The lowest BCUT2D eigenvalue weighted by molar-refractivity contribution is -0.134. The van der Waals surface area contributed by atoms with E-state index in [4.69, 9.17) is 0 Å². The van der Waals surface area contributed by atoms with Gasteiger partial charge < -0.3 is 0 Å². The van der Waals surface area contributed by atoms with Crippen molar-refractivity contribution in [3.8, 4) is 0 Å². The van der Waals surface area contributed by atoms with Crippen molar-refractivity contribution in [2.75, 3.05) is 0 Å². The summed E-state index contributed by atoms with van der Waals surface area (Å²) in [6.45, 7) is 0. The van der Waals surface area contributed by atoms with Gasteiger partial charge in [0.15, 0.2) is 12.1 Å². The third-order valence-electron chi connectivity index (χ3n) is 4.06. The molecule has 2 aliphatic carbocycles. The SMILES string of the molecule is O=CC(=O)C1CCC2CCCCC2C1. The molecular weight excluding hydrogens is 176 g/mol. The van der Waals surface area contributed by atoms with Crippen molar-refractivity contribution < 1.29 is 9.59 Å². The monoisotopic (exact) mass is 194 g/mol. The van der Waals surface area contributed by atoms with E-state index in [1.807, 2.05) is 0 Å². The van der Waals surface area contributed by atoms with Crippen LogP contribution in [0.15, 0.2) is 0 Å². The van der Waals surface area contributed by atoms with Gasteiger partial charge in [-0.1, -0.05) is 25.7 Å². The molecule has 3 unspecified atom stereocenters. The van der Waals surface area contributed by atoms with E-state index in [1.165, 1.54) is 32.1 Å². The van der Waals surface area contributed by atoms with Gasteiger partial charge in [-0.25, -0.2) is 0 Å². The summed E-state index contributed by atoms with van der Waals surface area (Å²) in [7, 11) is 0. The molecule has 3 atom stereocenters. The largest absolute Gasteiger partial charge is 0.295 e. The number of fused-ring (bicyclic) bond motifs is 1. The minimum Gasteiger partial charge on any atom is -0.295 e. The van der Waals surface area contributed by atoms with Crippen LogP contribution in [0.25, 0.3) is 0 Å². The molecule has 2 saturated carbocycles. The molecule has 2 heteroatoms. The van der Waals surface area contributed by atoms with Crippen molar-refractivity contribution in [3.63, 3.8) is 0 Å². The van der Waals surface area contributed by atoms with Gasteiger partial charge in [-0.15, -0.1) is 0 Å². The second-order valence-electron chi connectivity index (χ2n) is 4.83. The second kappa shape index (κ2) is 4.24. The first kappa shape index (κ1) is 9.88. The Morgan fingerprint density at radius 1 is 1.00 bits per heavy atom. The highest BCUT2D eigenvalue weighted by atomic mass is 16.2. The summed E-state index contributed by atoms with van der Waals surface area (Å²) in [5.74, 6) is 1.51. The summed E-state index contributed by atoms with van der Waals surface area (Å²) in [5.41, 5.74) is 0. The average Bonchev–Trinajstić information content (AvgIpc) is 2.27. The Hall–Kier alpha value is -0.660. The molecule has 0 aromatic carbocycles. The molecule has 0 radical (unpaired) electrons. The van der Waals surface area contributed by atoms with Crippen molar-refractivity contribution in [1.82, 2.24) is 0 Å². The Balaban J connectivity index is 1.95. The molecule has 0 aromatic heterocycles. The number of Topliss-reactive ketones (excluding diaryl/α,β-unsaturated/α-hetero) is 1. The Kier molecular flexibility index (Phi) is 2.99. The molecule has 0 N–H and O–H groups in total. The smallest absolute Gasteiger partial charge is 0.198 e. The van der Waals surface area contributed by atoms with Crippen molar-refractivity contribution in [3.05, 3.63) is 0 Å². The van der Waals surface area contributed by atoms with E-state index < -0.39 is 0 Å². The predicted octanol–water partition coefficient (Wildman–Crippen LogP) is 2.36. The van der Waals surface area contributed by atoms with Crippen molar-refractivity contribution in [2.24, 2.45) is 17.8 Å². The summed E-state index contributed by atoms with van der Waals surface area (Å²) < 4.78 is 0. The van der Waals surface area contributed by atoms with E-state index in [2.05, 4.69) is 0 Å². The lowest BCUT2D eigenvalue weighted by atomic mass is 9.67. The van der Waals surface area contributed by atoms with Crippen LogP contribution in [0.3, 0.4) is 0 Å². The zero-order valence-electron chi connectivity index (χ0n) is 8.58. The molecule has 0 saturated heterocycles. The summed E-state index contributed by atoms with van der Waals surface area (Å²) in [5, 5.41) is 0. The third-order valence-corrected chi connectivity index (χ3v) is 4.06. The van der Waals surface area contributed by atoms with Crippen molar-refractivity contribution >= 4 is 12.1 Å². The Morgan fingerprint density at radius 3 is 2.43 bits per heavy atom. The number of rotatable bonds is 2. The van der Waals surface area contributed by atoms with Crippen LogP contribution in [0.4, 0.5) is 0 Å². The number of hydrogen-bond donors (Lipinski definition) is 0. The molecule has 2 nitrogen and oxygen atoms in total. The van der Waals surface area contributed by atoms with Gasteiger partial charge in [0.1, 0.15) is 0 Å². The molecule has 14 heavy (non-hydrogen) atoms. The zero-order chi connectivity index (χ0) is 9.97. The van der Waals surface area contributed by atoms with Crippen LogP contribution < -0.4 is 0 Å². The molecule has 2 fully saturated rings. The van der Waals surface area contributed by atoms with E-state index in [0.717, 1.165) is 24.7 Å². The standard InChI is InChI=1S/C12H18O2/c13-8-12(14)11-6-5-9-3-1-2-4-10(9)7-11/h8-11H,1-7H2. The molecular formula is C12H18O2. The molecule has 2 rings (SSSR count). The molecule has 0 aliphatic heterocycles. The molecule has 2 aliphatic rings. The molecule has 0 heterocycles. The highest BCUT2D eigenvalue weighted by Gasteiger charge is 2.34. The summed E-state index contributed by atoms with van der Waals surface area (Å²) in [6, 6.07) is 0. The predicted molar refractivity (Wildman–Crippen MR) is 53.9 cm³/mol. The summed E-state index contributed by atoms with van der Waals surface area (Å²) in [4.78, 5) is 21.7. The fourth-order valence-corrected chi connectivity index (χ4v) is 3.23. The number of ketones is 1. The first-order chi connectivity index (χ1) is 6.81. The first-order valence-corrected chi connectivity index (χ1v) is 5.80. The van der Waals surface area contributed by atoms with Crippen molar-refractivity contribution in [2.45, 2.75) is 44.9 Å². The third kappa shape index (κ3) is 1.89. The fraction of sp³-hybridized carbons (Fsp3) is 0.833. The van der Waals surface area contributed by atoms with Gasteiger partial charge in [-0.2, -0.15) is 0 Å². The van der Waals surface area contributed by atoms with Gasteiger partial charge in [0, 0.05) is 5.92 Å². The maximum atomic E-state index is 11.3. The lowest BCUT2D eigenvalue weighted by Gasteiger charge is -2.38. The zero-order valence-corrected chi connectivity index (χ0v) is 8.58. The molecule has 0 bridgehead atoms. The van der Waals surface area contributed by atoms with Crippen LogP contribution in [0.1, 0.15) is 44.9 Å². The van der Waals surface area contributed by atoms with Crippen LogP contribution in [0, 0.1) is 17.8 Å². The summed E-state index contributed by atoms with van der Waals surface area (Å²) in [6.07, 6.45) is 8.97. The molecule has 0 amide bonds. The van der Waals surface area contributed by atoms with Crippen LogP contribution >= 0.6 is 0 Å². The van der Waals surface area contributed by atoms with Gasteiger partial charge >= 0.3 is 0 Å². The van der Waals surface area contributed by atoms with E-state index in [1.54, 1.807) is 0 Å². The Labute approximate surface area is 85.1 Å². The van der Waals surface area contributed by atoms with E-state index in [0.29, 0.717) is 6.29 Å². The minimum absolute atomic E-state index is 0.0619. The maximum absolute atomic E-state index is 11.3. The minimum atomic E-state index is -0.158. The van der Waals surface area contributed by atoms with Gasteiger partial charge in [0.25, 0.3) is 0 Å². The average molecular weight is 194 g/mol. The summed E-state index contributed by atoms with van der Waals surface area (Å²) >= 11 is 0. The Bertz CT molecular complexity index is 234. The van der Waals surface area contributed by atoms with Crippen LogP contribution in [-0.4, -0.2) is 12.1 Å².